The van der Waals surface area contributed by atoms with E-state index in [2.05, 4.69) is 10.3 Å². The van der Waals surface area contributed by atoms with E-state index in [0.717, 1.165) is 0 Å². The van der Waals surface area contributed by atoms with Gasteiger partial charge in [-0.3, -0.25) is 9.59 Å². The van der Waals surface area contributed by atoms with Crippen molar-refractivity contribution in [1.82, 2.24) is 10.3 Å². The molecule has 2 N–H and O–H groups in total. The first-order valence-electron chi connectivity index (χ1n) is 3.71. The highest BCUT2D eigenvalue weighted by Gasteiger charge is 2.07. The first-order chi connectivity index (χ1) is 6.09. The lowest BCUT2D eigenvalue weighted by molar-refractivity contribution is -0.116. The van der Waals surface area contributed by atoms with Gasteiger partial charge in [-0.2, -0.15) is 0 Å². The van der Waals surface area contributed by atoms with Crippen LogP contribution in [0.2, 0.25) is 5.02 Å². The number of ketones is 1. The maximum absolute atomic E-state index is 11.2. The SMILES string of the molecule is CC(=O)CNC(=O)c1cc(Cl)c[nH]1. The molecule has 4 nitrogen and oxygen atoms in total. The molecular weight excluding hydrogens is 192 g/mol. The average Bonchev–Trinajstić information content (AvgIpc) is 2.47. The van der Waals surface area contributed by atoms with Crippen LogP contribution in [0.25, 0.3) is 0 Å². The number of hydrogen-bond donors (Lipinski definition) is 2. The Morgan fingerprint density at radius 2 is 2.31 bits per heavy atom. The van der Waals surface area contributed by atoms with E-state index >= 15 is 0 Å². The fourth-order valence-corrected chi connectivity index (χ4v) is 0.963. The van der Waals surface area contributed by atoms with Gasteiger partial charge in [0.05, 0.1) is 11.6 Å². The van der Waals surface area contributed by atoms with Gasteiger partial charge in [0.15, 0.2) is 0 Å². The topological polar surface area (TPSA) is 62.0 Å². The minimum Gasteiger partial charge on any atom is -0.356 e. The molecule has 1 heterocycles. The highest BCUT2D eigenvalue weighted by Crippen LogP contribution is 2.08. The average molecular weight is 201 g/mol. The molecule has 0 atom stereocenters. The Balaban J connectivity index is 2.54. The number of amides is 1. The summed E-state index contributed by atoms with van der Waals surface area (Å²) in [6.45, 7) is 1.44. The van der Waals surface area contributed by atoms with Crippen molar-refractivity contribution in [3.05, 3.63) is 23.0 Å². The van der Waals surface area contributed by atoms with E-state index < -0.39 is 0 Å². The third-order valence-corrected chi connectivity index (χ3v) is 1.61. The molecular formula is C8H9ClN2O2. The van der Waals surface area contributed by atoms with E-state index in [1.165, 1.54) is 19.2 Å². The van der Waals surface area contributed by atoms with Crippen LogP contribution >= 0.6 is 11.6 Å². The highest BCUT2D eigenvalue weighted by atomic mass is 35.5. The van der Waals surface area contributed by atoms with Gasteiger partial charge >= 0.3 is 0 Å². The van der Waals surface area contributed by atoms with Crippen LogP contribution in [0.5, 0.6) is 0 Å². The van der Waals surface area contributed by atoms with Gasteiger partial charge < -0.3 is 10.3 Å². The van der Waals surface area contributed by atoms with Gasteiger partial charge in [0.25, 0.3) is 5.91 Å². The maximum atomic E-state index is 11.2. The zero-order valence-corrected chi connectivity index (χ0v) is 7.81. The van der Waals surface area contributed by atoms with E-state index in [9.17, 15) is 9.59 Å². The van der Waals surface area contributed by atoms with Crippen molar-refractivity contribution in [2.75, 3.05) is 6.54 Å². The Morgan fingerprint density at radius 3 is 2.77 bits per heavy atom. The second-order valence-electron chi connectivity index (χ2n) is 2.62. The zero-order valence-electron chi connectivity index (χ0n) is 7.06. The molecule has 70 valence electrons. The molecule has 0 aliphatic carbocycles. The monoisotopic (exact) mass is 200 g/mol. The predicted molar refractivity (Wildman–Crippen MR) is 48.8 cm³/mol. The zero-order chi connectivity index (χ0) is 9.84. The maximum Gasteiger partial charge on any atom is 0.268 e. The molecule has 0 bridgehead atoms. The van der Waals surface area contributed by atoms with Gasteiger partial charge in [0.2, 0.25) is 0 Å². The summed E-state index contributed by atoms with van der Waals surface area (Å²) in [5, 5.41) is 2.90. The molecule has 1 amide bonds. The lowest BCUT2D eigenvalue weighted by atomic mass is 10.4. The van der Waals surface area contributed by atoms with E-state index in [4.69, 9.17) is 11.6 Å². The molecule has 0 saturated heterocycles. The van der Waals surface area contributed by atoms with Gasteiger partial charge in [0, 0.05) is 6.20 Å². The van der Waals surface area contributed by atoms with Crippen molar-refractivity contribution in [3.63, 3.8) is 0 Å². The van der Waals surface area contributed by atoms with Crippen LogP contribution in [-0.2, 0) is 4.79 Å². The molecule has 0 spiro atoms. The van der Waals surface area contributed by atoms with Gasteiger partial charge in [0.1, 0.15) is 11.5 Å². The van der Waals surface area contributed by atoms with Crippen molar-refractivity contribution < 1.29 is 9.59 Å². The third kappa shape index (κ3) is 2.91. The minimum absolute atomic E-state index is 0.0372. The van der Waals surface area contributed by atoms with E-state index in [-0.39, 0.29) is 18.2 Å². The number of aromatic amines is 1. The Kier molecular flexibility index (Phi) is 3.08. The van der Waals surface area contributed by atoms with Crippen LogP contribution in [0.3, 0.4) is 0 Å². The first-order valence-corrected chi connectivity index (χ1v) is 4.09. The van der Waals surface area contributed by atoms with E-state index in [1.54, 1.807) is 0 Å². The van der Waals surface area contributed by atoms with Crippen LogP contribution in [0.4, 0.5) is 0 Å². The summed E-state index contributed by atoms with van der Waals surface area (Å²) in [6, 6.07) is 1.50. The molecule has 5 heteroatoms. The van der Waals surface area contributed by atoms with Crippen molar-refractivity contribution in [1.29, 1.82) is 0 Å². The Labute approximate surface area is 80.3 Å². The summed E-state index contributed by atoms with van der Waals surface area (Å²) >= 11 is 5.59. The lowest BCUT2D eigenvalue weighted by Gasteiger charge is -1.98. The molecule has 0 unspecified atom stereocenters. The molecule has 0 aliphatic rings. The molecule has 0 aliphatic heterocycles. The largest absolute Gasteiger partial charge is 0.356 e. The second-order valence-corrected chi connectivity index (χ2v) is 3.05. The number of Topliss-reactive ketones (excluding diaryl/α,β-unsaturated/α-hetero) is 1. The number of H-pyrrole nitrogens is 1. The fourth-order valence-electron chi connectivity index (χ4n) is 0.799. The molecule has 0 fully saturated rings. The van der Waals surface area contributed by atoms with Crippen LogP contribution in [0, 0.1) is 0 Å². The first kappa shape index (κ1) is 9.80. The Hall–Kier alpha value is -1.29. The smallest absolute Gasteiger partial charge is 0.268 e. The number of carbonyl (C=O) groups excluding carboxylic acids is 2. The van der Waals surface area contributed by atoms with E-state index in [1.807, 2.05) is 0 Å². The number of nitrogens with one attached hydrogen (secondary N) is 2. The Morgan fingerprint density at radius 1 is 1.62 bits per heavy atom. The second kappa shape index (κ2) is 4.09. The fraction of sp³-hybridized carbons (Fsp3) is 0.250. The summed E-state index contributed by atoms with van der Waals surface area (Å²) < 4.78 is 0. The number of rotatable bonds is 3. The summed E-state index contributed by atoms with van der Waals surface area (Å²) in [5.41, 5.74) is 0.353. The minimum atomic E-state index is -0.331. The lowest BCUT2D eigenvalue weighted by Crippen LogP contribution is -2.28. The number of aromatic nitrogens is 1. The summed E-state index contributed by atoms with van der Waals surface area (Å²) in [6.07, 6.45) is 1.50. The van der Waals surface area contributed by atoms with E-state index in [0.29, 0.717) is 10.7 Å². The van der Waals surface area contributed by atoms with Crippen molar-refractivity contribution in [3.8, 4) is 0 Å². The molecule has 1 rings (SSSR count). The highest BCUT2D eigenvalue weighted by molar-refractivity contribution is 6.30. The van der Waals surface area contributed by atoms with Gasteiger partial charge in [-0.15, -0.1) is 0 Å². The third-order valence-electron chi connectivity index (χ3n) is 1.39. The van der Waals surface area contributed by atoms with Crippen molar-refractivity contribution in [2.45, 2.75) is 6.92 Å². The molecule has 0 aromatic carbocycles. The predicted octanol–water partition coefficient (Wildman–Crippen LogP) is 0.987. The molecule has 0 radical (unpaired) electrons. The van der Waals surface area contributed by atoms with Crippen LogP contribution < -0.4 is 5.32 Å². The number of carbonyl (C=O) groups is 2. The molecule has 0 saturated carbocycles. The van der Waals surface area contributed by atoms with Crippen LogP contribution in [0.15, 0.2) is 12.3 Å². The van der Waals surface area contributed by atoms with Gasteiger partial charge in [-0.25, -0.2) is 0 Å². The Bertz CT molecular complexity index is 333. The summed E-state index contributed by atoms with van der Waals surface area (Å²) in [7, 11) is 0. The normalized spacial score (nSPS) is 9.69. The quantitative estimate of drug-likeness (QED) is 0.764. The summed E-state index contributed by atoms with van der Waals surface area (Å²) in [4.78, 5) is 24.4. The molecule has 13 heavy (non-hydrogen) atoms. The van der Waals surface area contributed by atoms with Crippen LogP contribution in [-0.4, -0.2) is 23.2 Å². The van der Waals surface area contributed by atoms with Crippen LogP contribution in [0.1, 0.15) is 17.4 Å². The standard InChI is InChI=1S/C8H9ClN2O2/c1-5(12)3-11-8(13)7-2-6(9)4-10-7/h2,4,10H,3H2,1H3,(H,11,13). The van der Waals surface area contributed by atoms with Gasteiger partial charge in [-0.1, -0.05) is 11.6 Å². The summed E-state index contributed by atoms with van der Waals surface area (Å²) in [5.74, 6) is -0.423. The number of hydrogen-bond acceptors (Lipinski definition) is 2. The van der Waals surface area contributed by atoms with Gasteiger partial charge in [-0.05, 0) is 13.0 Å². The number of halogens is 1. The van der Waals surface area contributed by atoms with Crippen molar-refractivity contribution in [2.24, 2.45) is 0 Å². The molecule has 1 aromatic rings. The molecule has 1 aromatic heterocycles. The van der Waals surface area contributed by atoms with Crippen molar-refractivity contribution >= 4 is 23.3 Å².